The number of carboxylic acids is 1. The third-order valence-electron chi connectivity index (χ3n) is 7.02. The Kier molecular flexibility index (Phi) is 10.1. The Bertz CT molecular complexity index is 1520. The predicted octanol–water partition coefficient (Wildman–Crippen LogP) is 2.08. The van der Waals surface area contributed by atoms with Gasteiger partial charge in [0.15, 0.2) is 0 Å². The highest BCUT2D eigenvalue weighted by Crippen LogP contribution is 2.19. The highest BCUT2D eigenvalue weighted by molar-refractivity contribution is 5.94. The molecule has 7 N–H and O–H groups in total. The van der Waals surface area contributed by atoms with Gasteiger partial charge in [-0.25, -0.2) is 4.79 Å². The minimum absolute atomic E-state index is 0.0445. The number of fused-ring (bicyclic) bond motifs is 1. The number of carboxylic acid groups (broad SMARTS) is 1. The Labute approximate surface area is 243 Å². The number of aromatic nitrogens is 1. The second kappa shape index (κ2) is 14.1. The third-order valence-corrected chi connectivity index (χ3v) is 7.02. The normalized spacial score (nSPS) is 13.9. The number of aliphatic carboxylic acids is 1. The molecule has 0 aliphatic rings. The molecule has 0 radical (unpaired) electrons. The zero-order chi connectivity index (χ0) is 30.1. The van der Waals surface area contributed by atoms with E-state index in [1.54, 1.807) is 30.5 Å². The van der Waals surface area contributed by atoms with Crippen molar-refractivity contribution in [3.05, 3.63) is 108 Å². The molecule has 0 aliphatic carbocycles. The summed E-state index contributed by atoms with van der Waals surface area (Å²) in [5.41, 5.74) is 9.31. The number of carbonyl (C=O) groups is 4. The minimum atomic E-state index is -1.24. The number of amides is 3. The van der Waals surface area contributed by atoms with Gasteiger partial charge in [0.2, 0.25) is 17.7 Å². The Balaban J connectivity index is 1.43. The summed E-state index contributed by atoms with van der Waals surface area (Å²) in [6.45, 7) is 1.50. The number of nitrogens with two attached hydrogens (primary N) is 1. The summed E-state index contributed by atoms with van der Waals surface area (Å²) in [5, 5.41) is 18.7. The maximum Gasteiger partial charge on any atom is 0.326 e. The maximum absolute atomic E-state index is 13.4. The molecule has 3 aromatic carbocycles. The van der Waals surface area contributed by atoms with Gasteiger partial charge in [0.25, 0.3) is 0 Å². The monoisotopic (exact) mass is 569 g/mol. The Morgan fingerprint density at radius 1 is 0.714 bits per heavy atom. The van der Waals surface area contributed by atoms with E-state index < -0.39 is 47.9 Å². The van der Waals surface area contributed by atoms with Crippen molar-refractivity contribution in [2.45, 2.75) is 50.4 Å². The van der Waals surface area contributed by atoms with Crippen LogP contribution in [0, 0.1) is 0 Å². The van der Waals surface area contributed by atoms with Crippen LogP contribution in [0.5, 0.6) is 0 Å². The van der Waals surface area contributed by atoms with Gasteiger partial charge >= 0.3 is 5.97 Å². The molecule has 0 fully saturated rings. The van der Waals surface area contributed by atoms with Crippen LogP contribution < -0.4 is 21.7 Å². The van der Waals surface area contributed by atoms with E-state index in [0.717, 1.165) is 27.6 Å². The molecule has 10 heteroatoms. The van der Waals surface area contributed by atoms with E-state index in [9.17, 15) is 24.3 Å². The second-order valence-electron chi connectivity index (χ2n) is 10.2. The topological polar surface area (TPSA) is 166 Å². The lowest BCUT2D eigenvalue weighted by Gasteiger charge is -2.24. The quantitative estimate of drug-likeness (QED) is 0.144. The maximum atomic E-state index is 13.4. The highest BCUT2D eigenvalue weighted by Gasteiger charge is 2.29. The van der Waals surface area contributed by atoms with Crippen molar-refractivity contribution in [1.82, 2.24) is 20.9 Å². The minimum Gasteiger partial charge on any atom is -0.480 e. The van der Waals surface area contributed by atoms with Gasteiger partial charge in [0.05, 0.1) is 6.04 Å². The summed E-state index contributed by atoms with van der Waals surface area (Å²) in [4.78, 5) is 54.5. The van der Waals surface area contributed by atoms with Gasteiger partial charge in [-0.15, -0.1) is 0 Å². The lowest BCUT2D eigenvalue weighted by molar-refractivity contribution is -0.142. The molecule has 0 bridgehead atoms. The number of hydrogen-bond donors (Lipinski definition) is 6. The molecule has 1 heterocycles. The summed E-state index contributed by atoms with van der Waals surface area (Å²) < 4.78 is 0. The molecule has 0 saturated carbocycles. The number of carbonyl (C=O) groups excluding carboxylic acids is 3. The van der Waals surface area contributed by atoms with Crippen LogP contribution in [-0.2, 0) is 38.4 Å². The third kappa shape index (κ3) is 8.05. The zero-order valence-electron chi connectivity index (χ0n) is 23.2. The number of para-hydroxylation sites is 1. The average molecular weight is 570 g/mol. The number of aromatic amines is 1. The standard InChI is InChI=1S/C32H35N5O5/c1-20(35-30(39)25(33)16-21-10-4-2-5-11-21)29(38)36-27(17-22-12-6-3-7-13-22)31(40)37-28(32(41)42)18-23-19-34-26-15-9-8-14-24(23)26/h2-15,19-20,25,27-28,34H,16-18,33H2,1H3,(H,35,39)(H,36,38)(H,37,40)(H,41,42). The Morgan fingerprint density at radius 3 is 1.93 bits per heavy atom. The van der Waals surface area contributed by atoms with Gasteiger partial charge in [-0.1, -0.05) is 78.9 Å². The molecule has 10 nitrogen and oxygen atoms in total. The number of benzene rings is 3. The molecule has 1 aromatic heterocycles. The molecule has 4 rings (SSSR count). The first-order valence-corrected chi connectivity index (χ1v) is 13.7. The molecule has 4 unspecified atom stereocenters. The van der Waals surface area contributed by atoms with Crippen LogP contribution in [0.1, 0.15) is 23.6 Å². The molecule has 4 atom stereocenters. The zero-order valence-corrected chi connectivity index (χ0v) is 23.2. The SMILES string of the molecule is CC(NC(=O)C(N)Cc1ccccc1)C(=O)NC(Cc1ccccc1)C(=O)NC(Cc1c[nH]c2ccccc12)C(=O)O. The van der Waals surface area contributed by atoms with Crippen molar-refractivity contribution >= 4 is 34.6 Å². The summed E-state index contributed by atoms with van der Waals surface area (Å²) >= 11 is 0. The molecule has 0 aliphatic heterocycles. The van der Waals surface area contributed by atoms with Gasteiger partial charge in [-0.3, -0.25) is 14.4 Å². The molecule has 218 valence electrons. The molecule has 42 heavy (non-hydrogen) atoms. The largest absolute Gasteiger partial charge is 0.480 e. The van der Waals surface area contributed by atoms with E-state index >= 15 is 0 Å². The molecular formula is C32H35N5O5. The summed E-state index contributed by atoms with van der Waals surface area (Å²) in [7, 11) is 0. The second-order valence-corrected chi connectivity index (χ2v) is 10.2. The number of H-pyrrole nitrogens is 1. The fourth-order valence-electron chi connectivity index (χ4n) is 4.70. The van der Waals surface area contributed by atoms with E-state index in [-0.39, 0.29) is 12.8 Å². The first-order chi connectivity index (χ1) is 20.2. The van der Waals surface area contributed by atoms with Crippen molar-refractivity contribution in [3.63, 3.8) is 0 Å². The first-order valence-electron chi connectivity index (χ1n) is 13.7. The Morgan fingerprint density at radius 2 is 1.29 bits per heavy atom. The van der Waals surface area contributed by atoms with Crippen LogP contribution in [-0.4, -0.2) is 57.9 Å². The van der Waals surface area contributed by atoms with Crippen molar-refractivity contribution in [3.8, 4) is 0 Å². The van der Waals surface area contributed by atoms with Crippen LogP contribution in [0.2, 0.25) is 0 Å². The van der Waals surface area contributed by atoms with E-state index in [0.29, 0.717) is 6.42 Å². The highest BCUT2D eigenvalue weighted by atomic mass is 16.4. The lowest BCUT2D eigenvalue weighted by Crippen LogP contribution is -2.57. The van der Waals surface area contributed by atoms with Gasteiger partial charge in [-0.2, -0.15) is 0 Å². The molecular weight excluding hydrogens is 534 g/mol. The average Bonchev–Trinajstić information content (AvgIpc) is 3.40. The lowest BCUT2D eigenvalue weighted by atomic mass is 10.0. The van der Waals surface area contributed by atoms with Crippen molar-refractivity contribution in [2.75, 3.05) is 0 Å². The van der Waals surface area contributed by atoms with E-state index in [4.69, 9.17) is 5.73 Å². The van der Waals surface area contributed by atoms with Gasteiger partial charge in [0, 0.05) is 29.9 Å². The fraction of sp³-hybridized carbons (Fsp3) is 0.250. The number of hydrogen-bond acceptors (Lipinski definition) is 5. The van der Waals surface area contributed by atoms with Gasteiger partial charge < -0.3 is 31.8 Å². The summed E-state index contributed by atoms with van der Waals surface area (Å²) in [6.07, 6.45) is 2.19. The van der Waals surface area contributed by atoms with E-state index in [1.807, 2.05) is 60.7 Å². The summed E-state index contributed by atoms with van der Waals surface area (Å²) in [6, 6.07) is 21.6. The predicted molar refractivity (Wildman–Crippen MR) is 159 cm³/mol. The van der Waals surface area contributed by atoms with Crippen LogP contribution in [0.15, 0.2) is 91.1 Å². The van der Waals surface area contributed by atoms with Crippen molar-refractivity contribution in [2.24, 2.45) is 5.73 Å². The van der Waals surface area contributed by atoms with Crippen LogP contribution >= 0.6 is 0 Å². The molecule has 0 spiro atoms. The smallest absolute Gasteiger partial charge is 0.326 e. The Hall–Kier alpha value is -4.96. The number of rotatable bonds is 13. The van der Waals surface area contributed by atoms with E-state index in [1.165, 1.54) is 6.92 Å². The first kappa shape index (κ1) is 30.0. The van der Waals surface area contributed by atoms with Crippen molar-refractivity contribution in [1.29, 1.82) is 0 Å². The van der Waals surface area contributed by atoms with Crippen LogP contribution in [0.4, 0.5) is 0 Å². The molecule has 3 amide bonds. The molecule has 4 aromatic rings. The summed E-state index contributed by atoms with van der Waals surface area (Å²) in [5.74, 6) is -2.96. The van der Waals surface area contributed by atoms with Crippen LogP contribution in [0.3, 0.4) is 0 Å². The van der Waals surface area contributed by atoms with Gasteiger partial charge in [0.1, 0.15) is 18.1 Å². The van der Waals surface area contributed by atoms with E-state index in [2.05, 4.69) is 20.9 Å². The fourth-order valence-corrected chi connectivity index (χ4v) is 4.70. The van der Waals surface area contributed by atoms with Crippen molar-refractivity contribution < 1.29 is 24.3 Å². The molecule has 0 saturated heterocycles. The van der Waals surface area contributed by atoms with Gasteiger partial charge in [-0.05, 0) is 36.1 Å². The number of nitrogens with one attached hydrogen (secondary N) is 4. The van der Waals surface area contributed by atoms with Crippen LogP contribution in [0.25, 0.3) is 10.9 Å².